The van der Waals surface area contributed by atoms with Crippen LogP contribution in [0.4, 0.5) is 5.69 Å². The highest BCUT2D eigenvalue weighted by molar-refractivity contribution is 5.95. The second-order valence-corrected chi connectivity index (χ2v) is 4.58. The van der Waals surface area contributed by atoms with Crippen LogP contribution in [0.1, 0.15) is 22.3 Å². The molecule has 0 radical (unpaired) electrons. The highest BCUT2D eigenvalue weighted by atomic mass is 16.5. The van der Waals surface area contributed by atoms with E-state index < -0.39 is 5.91 Å². The molecule has 112 valence electrons. The first-order valence-electron chi connectivity index (χ1n) is 6.75. The lowest BCUT2D eigenvalue weighted by atomic mass is 10.2. The summed E-state index contributed by atoms with van der Waals surface area (Å²) in [6.45, 7) is 0. The summed E-state index contributed by atoms with van der Waals surface area (Å²) in [7, 11) is 0. The molecule has 0 aliphatic rings. The summed E-state index contributed by atoms with van der Waals surface area (Å²) in [5, 5.41) is 11.2. The van der Waals surface area contributed by atoms with Crippen LogP contribution < -0.4 is 10.8 Å². The van der Waals surface area contributed by atoms with Crippen molar-refractivity contribution >= 4 is 23.6 Å². The smallest absolute Gasteiger partial charge is 0.274 e. The van der Waals surface area contributed by atoms with Crippen molar-refractivity contribution in [2.45, 2.75) is 6.42 Å². The summed E-state index contributed by atoms with van der Waals surface area (Å²) < 4.78 is 0. The Morgan fingerprint density at radius 3 is 2.32 bits per heavy atom. The summed E-state index contributed by atoms with van der Waals surface area (Å²) in [6.07, 6.45) is 3.93. The number of carbonyl (C=O) groups is 2. The van der Waals surface area contributed by atoms with Gasteiger partial charge in [0.05, 0.1) is 0 Å². The number of anilines is 1. The molecule has 22 heavy (non-hydrogen) atoms. The number of rotatable bonds is 5. The summed E-state index contributed by atoms with van der Waals surface area (Å²) in [6, 6.07) is 16.0. The molecular formula is C17H16N2O3. The molecule has 0 spiro atoms. The average Bonchev–Trinajstić information content (AvgIpc) is 2.56. The van der Waals surface area contributed by atoms with E-state index in [0.29, 0.717) is 11.3 Å². The Labute approximate surface area is 128 Å². The van der Waals surface area contributed by atoms with Crippen LogP contribution in [0.5, 0.6) is 0 Å². The highest BCUT2D eigenvalue weighted by Crippen LogP contribution is 2.10. The van der Waals surface area contributed by atoms with Crippen LogP contribution in [0.2, 0.25) is 0 Å². The standard InChI is InChI=1S/C17H16N2O3/c20-16(8-4-7-13-5-2-1-3-6-13)18-15-11-9-14(10-12-15)17(21)19-22/h1-7,9-12,22H,8H2,(H,18,20)(H,19,21). The fraction of sp³-hybridized carbons (Fsp3) is 0.0588. The number of hydroxylamine groups is 1. The van der Waals surface area contributed by atoms with Crippen molar-refractivity contribution in [3.05, 3.63) is 71.8 Å². The van der Waals surface area contributed by atoms with E-state index in [9.17, 15) is 9.59 Å². The minimum Gasteiger partial charge on any atom is -0.326 e. The van der Waals surface area contributed by atoms with Crippen LogP contribution in [0.3, 0.4) is 0 Å². The maximum Gasteiger partial charge on any atom is 0.274 e. The third-order valence-corrected chi connectivity index (χ3v) is 2.95. The van der Waals surface area contributed by atoms with Crippen molar-refractivity contribution in [3.8, 4) is 0 Å². The lowest BCUT2D eigenvalue weighted by molar-refractivity contribution is -0.115. The van der Waals surface area contributed by atoms with Crippen molar-refractivity contribution in [1.29, 1.82) is 0 Å². The quantitative estimate of drug-likeness (QED) is 0.586. The molecule has 3 N–H and O–H groups in total. The number of hydrogen-bond donors (Lipinski definition) is 3. The Morgan fingerprint density at radius 2 is 1.68 bits per heavy atom. The zero-order chi connectivity index (χ0) is 15.8. The molecule has 2 rings (SSSR count). The molecule has 0 aromatic heterocycles. The van der Waals surface area contributed by atoms with E-state index in [2.05, 4.69) is 5.32 Å². The fourth-order valence-corrected chi connectivity index (χ4v) is 1.85. The van der Waals surface area contributed by atoms with Gasteiger partial charge in [-0.3, -0.25) is 14.8 Å². The second kappa shape index (κ2) is 7.75. The molecule has 2 aromatic rings. The van der Waals surface area contributed by atoms with Crippen molar-refractivity contribution in [2.75, 3.05) is 5.32 Å². The van der Waals surface area contributed by atoms with Gasteiger partial charge in [0.2, 0.25) is 5.91 Å². The predicted octanol–water partition coefficient (Wildman–Crippen LogP) is 2.85. The minimum absolute atomic E-state index is 0.147. The molecule has 0 fully saturated rings. The van der Waals surface area contributed by atoms with Gasteiger partial charge in [-0.25, -0.2) is 5.48 Å². The van der Waals surface area contributed by atoms with E-state index in [1.165, 1.54) is 12.1 Å². The van der Waals surface area contributed by atoms with Gasteiger partial charge in [-0.1, -0.05) is 42.5 Å². The first-order valence-corrected chi connectivity index (χ1v) is 6.75. The lowest BCUT2D eigenvalue weighted by Gasteiger charge is -2.04. The summed E-state index contributed by atoms with van der Waals surface area (Å²) >= 11 is 0. The SMILES string of the molecule is O=C(CC=Cc1ccccc1)Nc1ccc(C(=O)NO)cc1. The largest absolute Gasteiger partial charge is 0.326 e. The first-order chi connectivity index (χ1) is 10.7. The highest BCUT2D eigenvalue weighted by Gasteiger charge is 2.04. The lowest BCUT2D eigenvalue weighted by Crippen LogP contribution is -2.18. The van der Waals surface area contributed by atoms with E-state index in [1.54, 1.807) is 23.7 Å². The molecule has 0 aliphatic carbocycles. The third-order valence-electron chi connectivity index (χ3n) is 2.95. The molecule has 0 aliphatic heterocycles. The summed E-state index contributed by atoms with van der Waals surface area (Å²) in [5.41, 5.74) is 3.49. The Bertz CT molecular complexity index is 664. The van der Waals surface area contributed by atoms with Crippen LogP contribution >= 0.6 is 0 Å². The molecule has 2 amide bonds. The maximum absolute atomic E-state index is 11.8. The van der Waals surface area contributed by atoms with Gasteiger partial charge in [0.25, 0.3) is 5.91 Å². The van der Waals surface area contributed by atoms with Crippen molar-refractivity contribution in [2.24, 2.45) is 0 Å². The number of amides is 2. The number of benzene rings is 2. The Morgan fingerprint density at radius 1 is 1.00 bits per heavy atom. The van der Waals surface area contributed by atoms with Crippen molar-refractivity contribution < 1.29 is 14.8 Å². The molecule has 0 heterocycles. The van der Waals surface area contributed by atoms with Gasteiger partial charge < -0.3 is 5.32 Å². The van der Waals surface area contributed by atoms with Gasteiger partial charge in [0.1, 0.15) is 0 Å². The molecule has 5 heteroatoms. The zero-order valence-electron chi connectivity index (χ0n) is 11.8. The van der Waals surface area contributed by atoms with Crippen molar-refractivity contribution in [1.82, 2.24) is 5.48 Å². The zero-order valence-corrected chi connectivity index (χ0v) is 11.8. The number of nitrogens with one attached hydrogen (secondary N) is 2. The summed E-state index contributed by atoms with van der Waals surface area (Å²) in [5.74, 6) is -0.741. The Balaban J connectivity index is 1.87. The topological polar surface area (TPSA) is 78.4 Å². The predicted molar refractivity (Wildman–Crippen MR) is 84.4 cm³/mol. The maximum atomic E-state index is 11.8. The van der Waals surface area contributed by atoms with Gasteiger partial charge in [-0.15, -0.1) is 0 Å². The molecule has 0 saturated heterocycles. The van der Waals surface area contributed by atoms with Gasteiger partial charge in [-0.05, 0) is 29.8 Å². The Hall–Kier alpha value is -2.92. The van der Waals surface area contributed by atoms with Gasteiger partial charge in [0, 0.05) is 17.7 Å². The van der Waals surface area contributed by atoms with Crippen molar-refractivity contribution in [3.63, 3.8) is 0 Å². The third kappa shape index (κ3) is 4.57. The Kier molecular flexibility index (Phi) is 5.45. The molecule has 5 nitrogen and oxygen atoms in total. The minimum atomic E-state index is -0.594. The van der Waals surface area contributed by atoms with Gasteiger partial charge >= 0.3 is 0 Å². The molecule has 0 bridgehead atoms. The van der Waals surface area contributed by atoms with Gasteiger partial charge in [0.15, 0.2) is 0 Å². The van der Waals surface area contributed by atoms with E-state index in [4.69, 9.17) is 5.21 Å². The van der Waals surface area contributed by atoms with Gasteiger partial charge in [-0.2, -0.15) is 0 Å². The molecule has 0 unspecified atom stereocenters. The number of hydrogen-bond acceptors (Lipinski definition) is 3. The monoisotopic (exact) mass is 296 g/mol. The molecule has 0 atom stereocenters. The van der Waals surface area contributed by atoms with E-state index in [1.807, 2.05) is 36.4 Å². The number of carbonyl (C=O) groups excluding carboxylic acids is 2. The fourth-order valence-electron chi connectivity index (χ4n) is 1.85. The first kappa shape index (κ1) is 15.5. The molecular weight excluding hydrogens is 280 g/mol. The van der Waals surface area contributed by atoms with Crippen LogP contribution in [-0.2, 0) is 4.79 Å². The van der Waals surface area contributed by atoms with Crippen LogP contribution in [-0.4, -0.2) is 17.0 Å². The summed E-state index contributed by atoms with van der Waals surface area (Å²) in [4.78, 5) is 23.0. The van der Waals surface area contributed by atoms with E-state index in [0.717, 1.165) is 5.56 Å². The second-order valence-electron chi connectivity index (χ2n) is 4.58. The average molecular weight is 296 g/mol. The van der Waals surface area contributed by atoms with Crippen LogP contribution in [0.25, 0.3) is 6.08 Å². The van der Waals surface area contributed by atoms with Crippen LogP contribution in [0, 0.1) is 0 Å². The van der Waals surface area contributed by atoms with E-state index >= 15 is 0 Å². The van der Waals surface area contributed by atoms with E-state index in [-0.39, 0.29) is 12.3 Å². The van der Waals surface area contributed by atoms with Crippen LogP contribution in [0.15, 0.2) is 60.7 Å². The molecule has 2 aromatic carbocycles. The normalized spacial score (nSPS) is 10.4. The molecule has 0 saturated carbocycles.